The summed E-state index contributed by atoms with van der Waals surface area (Å²) in [6.45, 7) is 0.146. The number of halogens is 2. The van der Waals surface area contributed by atoms with E-state index in [1.54, 1.807) is 12.1 Å². The summed E-state index contributed by atoms with van der Waals surface area (Å²) in [6.07, 6.45) is -0.923. The van der Waals surface area contributed by atoms with Crippen molar-refractivity contribution in [3.05, 3.63) is 28.5 Å². The first-order valence-corrected chi connectivity index (χ1v) is 6.65. The minimum Gasteiger partial charge on any atom is -0.465 e. The third kappa shape index (κ3) is 5.43. The molecule has 0 bridgehead atoms. The number of primary amides is 1. The van der Waals surface area contributed by atoms with Gasteiger partial charge in [0.2, 0.25) is 5.91 Å². The second-order valence-corrected chi connectivity index (χ2v) is 4.99. The van der Waals surface area contributed by atoms with Gasteiger partial charge in [-0.25, -0.2) is 9.18 Å². The van der Waals surface area contributed by atoms with Gasteiger partial charge in [-0.15, -0.1) is 0 Å². The number of carbonyl (C=O) groups excluding carboxylic acids is 1. The molecule has 0 fully saturated rings. The number of carbonyl (C=O) groups is 2. The minimum absolute atomic E-state index is 0.0492. The summed E-state index contributed by atoms with van der Waals surface area (Å²) in [4.78, 5) is 21.4. The van der Waals surface area contributed by atoms with Crippen LogP contribution in [0.25, 0.3) is 0 Å². The molecule has 1 rings (SSSR count). The van der Waals surface area contributed by atoms with Crippen molar-refractivity contribution in [3.8, 4) is 0 Å². The summed E-state index contributed by atoms with van der Waals surface area (Å²) in [5, 5.41) is 13.8. The standard InChI is InChI=1S/C12H15BrFN3O3/c13-8-2-1-3-9(11(8)14)16-6-7(17-12(19)20)4-5-10(15)18/h1-3,7,16-17H,4-6H2,(H2,15,18)(H,19,20). The molecular formula is C12H15BrFN3O3. The predicted molar refractivity (Wildman–Crippen MR) is 76.0 cm³/mol. The second-order valence-electron chi connectivity index (χ2n) is 4.13. The highest BCUT2D eigenvalue weighted by atomic mass is 79.9. The maximum Gasteiger partial charge on any atom is 0.404 e. The molecule has 8 heteroatoms. The highest BCUT2D eigenvalue weighted by molar-refractivity contribution is 9.10. The van der Waals surface area contributed by atoms with Gasteiger partial charge in [0.15, 0.2) is 5.82 Å². The van der Waals surface area contributed by atoms with E-state index in [0.29, 0.717) is 4.47 Å². The molecule has 0 saturated carbocycles. The first-order valence-electron chi connectivity index (χ1n) is 5.85. The summed E-state index contributed by atoms with van der Waals surface area (Å²) in [6, 6.07) is 4.20. The fourth-order valence-electron chi connectivity index (χ4n) is 1.59. The van der Waals surface area contributed by atoms with E-state index in [-0.39, 0.29) is 25.1 Å². The maximum absolute atomic E-state index is 13.7. The van der Waals surface area contributed by atoms with Crippen LogP contribution in [-0.4, -0.2) is 29.7 Å². The molecular weight excluding hydrogens is 333 g/mol. The number of amides is 2. The Hall–Kier alpha value is -1.83. The summed E-state index contributed by atoms with van der Waals surface area (Å²) in [7, 11) is 0. The van der Waals surface area contributed by atoms with E-state index >= 15 is 0 Å². The Balaban J connectivity index is 2.62. The van der Waals surface area contributed by atoms with Crippen LogP contribution in [0.4, 0.5) is 14.9 Å². The van der Waals surface area contributed by atoms with Gasteiger partial charge in [0.25, 0.3) is 0 Å². The van der Waals surface area contributed by atoms with Gasteiger partial charge in [0.1, 0.15) is 0 Å². The lowest BCUT2D eigenvalue weighted by Gasteiger charge is -2.18. The van der Waals surface area contributed by atoms with Gasteiger partial charge in [-0.3, -0.25) is 4.79 Å². The molecule has 6 nitrogen and oxygen atoms in total. The number of anilines is 1. The second kappa shape index (κ2) is 7.68. The number of nitrogens with two attached hydrogens (primary N) is 1. The molecule has 0 aliphatic carbocycles. The van der Waals surface area contributed by atoms with E-state index in [1.165, 1.54) is 6.07 Å². The Bertz CT molecular complexity index is 499. The summed E-state index contributed by atoms with van der Waals surface area (Å²) in [5.41, 5.74) is 5.27. The number of nitrogens with one attached hydrogen (secondary N) is 2. The van der Waals surface area contributed by atoms with Crippen molar-refractivity contribution in [2.24, 2.45) is 5.73 Å². The summed E-state index contributed by atoms with van der Waals surface area (Å²) >= 11 is 3.06. The van der Waals surface area contributed by atoms with E-state index in [1.807, 2.05) is 0 Å². The normalized spacial score (nSPS) is 11.7. The van der Waals surface area contributed by atoms with Crippen LogP contribution in [-0.2, 0) is 4.79 Å². The van der Waals surface area contributed by atoms with E-state index in [4.69, 9.17) is 10.8 Å². The molecule has 0 aliphatic rings. The molecule has 0 heterocycles. The molecule has 0 aliphatic heterocycles. The van der Waals surface area contributed by atoms with Gasteiger partial charge in [-0.05, 0) is 34.5 Å². The molecule has 1 aromatic rings. The third-order valence-electron chi connectivity index (χ3n) is 2.56. The lowest BCUT2D eigenvalue weighted by Crippen LogP contribution is -2.39. The highest BCUT2D eigenvalue weighted by Gasteiger charge is 2.14. The lowest BCUT2D eigenvalue weighted by molar-refractivity contribution is -0.118. The first kappa shape index (κ1) is 16.2. The molecule has 0 radical (unpaired) electrons. The number of benzene rings is 1. The van der Waals surface area contributed by atoms with Crippen LogP contribution in [0.1, 0.15) is 12.8 Å². The van der Waals surface area contributed by atoms with Crippen LogP contribution >= 0.6 is 15.9 Å². The molecule has 20 heavy (non-hydrogen) atoms. The molecule has 5 N–H and O–H groups in total. The molecule has 1 atom stereocenters. The summed E-state index contributed by atoms with van der Waals surface area (Å²) in [5.74, 6) is -0.979. The average Bonchev–Trinajstić information content (AvgIpc) is 2.36. The van der Waals surface area contributed by atoms with Crippen molar-refractivity contribution in [2.75, 3.05) is 11.9 Å². The zero-order chi connectivity index (χ0) is 15.1. The Kier molecular flexibility index (Phi) is 6.23. The van der Waals surface area contributed by atoms with Gasteiger partial charge >= 0.3 is 6.09 Å². The van der Waals surface area contributed by atoms with Crippen molar-refractivity contribution < 1.29 is 19.1 Å². The molecule has 0 aromatic heterocycles. The minimum atomic E-state index is -1.21. The Morgan fingerprint density at radius 3 is 2.75 bits per heavy atom. The monoisotopic (exact) mass is 347 g/mol. The Morgan fingerprint density at radius 2 is 2.15 bits per heavy atom. The third-order valence-corrected chi connectivity index (χ3v) is 3.17. The fraction of sp³-hybridized carbons (Fsp3) is 0.333. The molecule has 110 valence electrons. The average molecular weight is 348 g/mol. The van der Waals surface area contributed by atoms with Crippen molar-refractivity contribution in [2.45, 2.75) is 18.9 Å². The van der Waals surface area contributed by atoms with E-state index in [9.17, 15) is 14.0 Å². The molecule has 2 amide bonds. The van der Waals surface area contributed by atoms with Gasteiger partial charge in [-0.1, -0.05) is 6.07 Å². The smallest absolute Gasteiger partial charge is 0.404 e. The maximum atomic E-state index is 13.7. The van der Waals surface area contributed by atoms with Gasteiger partial charge in [0, 0.05) is 19.0 Å². The van der Waals surface area contributed by atoms with Crippen molar-refractivity contribution in [1.29, 1.82) is 0 Å². The lowest BCUT2D eigenvalue weighted by atomic mass is 10.1. The molecule has 1 aromatic carbocycles. The zero-order valence-corrected chi connectivity index (χ0v) is 12.1. The SMILES string of the molecule is NC(=O)CCC(CNc1cccc(Br)c1F)NC(=O)O. The van der Waals surface area contributed by atoms with Crippen molar-refractivity contribution in [1.82, 2.24) is 5.32 Å². The van der Waals surface area contributed by atoms with E-state index in [2.05, 4.69) is 26.6 Å². The molecule has 0 saturated heterocycles. The Morgan fingerprint density at radius 1 is 1.45 bits per heavy atom. The number of rotatable bonds is 7. The van der Waals surface area contributed by atoms with Crippen LogP contribution in [0.2, 0.25) is 0 Å². The van der Waals surface area contributed by atoms with Gasteiger partial charge in [-0.2, -0.15) is 0 Å². The van der Waals surface area contributed by atoms with Crippen LogP contribution in [0.5, 0.6) is 0 Å². The van der Waals surface area contributed by atoms with Crippen LogP contribution in [0.15, 0.2) is 22.7 Å². The van der Waals surface area contributed by atoms with Crippen molar-refractivity contribution in [3.63, 3.8) is 0 Å². The summed E-state index contributed by atoms with van der Waals surface area (Å²) < 4.78 is 14.0. The van der Waals surface area contributed by atoms with Crippen LogP contribution in [0.3, 0.4) is 0 Å². The largest absolute Gasteiger partial charge is 0.465 e. The predicted octanol–water partition coefficient (Wildman–Crippen LogP) is 1.90. The van der Waals surface area contributed by atoms with Crippen molar-refractivity contribution >= 4 is 33.6 Å². The van der Waals surface area contributed by atoms with E-state index in [0.717, 1.165) is 0 Å². The zero-order valence-electron chi connectivity index (χ0n) is 10.5. The first-order chi connectivity index (χ1) is 9.40. The van der Waals surface area contributed by atoms with Gasteiger partial charge in [0.05, 0.1) is 10.2 Å². The fourth-order valence-corrected chi connectivity index (χ4v) is 1.96. The van der Waals surface area contributed by atoms with Gasteiger partial charge < -0.3 is 21.5 Å². The number of hydrogen-bond acceptors (Lipinski definition) is 3. The topological polar surface area (TPSA) is 104 Å². The highest BCUT2D eigenvalue weighted by Crippen LogP contribution is 2.22. The molecule has 0 spiro atoms. The Labute approximate surface area is 123 Å². The van der Waals surface area contributed by atoms with E-state index < -0.39 is 23.9 Å². The number of hydrogen-bond donors (Lipinski definition) is 4. The number of carboxylic acid groups (broad SMARTS) is 1. The van der Waals surface area contributed by atoms with Crippen LogP contribution < -0.4 is 16.4 Å². The molecule has 1 unspecified atom stereocenters. The quantitative estimate of drug-likeness (QED) is 0.604. The van der Waals surface area contributed by atoms with Crippen LogP contribution in [0, 0.1) is 5.82 Å².